The second kappa shape index (κ2) is 5.64. The molecule has 0 aliphatic carbocycles. The molecule has 0 saturated heterocycles. The minimum atomic E-state index is -3.56. The molecule has 0 aliphatic rings. The maximum atomic E-state index is 12.1. The highest BCUT2D eigenvalue weighted by Gasteiger charge is 2.12. The van der Waals surface area contributed by atoms with Gasteiger partial charge in [0.2, 0.25) is 0 Å². The van der Waals surface area contributed by atoms with Gasteiger partial charge in [0.1, 0.15) is 0 Å². The molecule has 17 heavy (non-hydrogen) atoms. The molecule has 0 amide bonds. The Morgan fingerprint density at radius 3 is 2.29 bits per heavy atom. The van der Waals surface area contributed by atoms with E-state index in [9.17, 15) is 8.42 Å². The van der Waals surface area contributed by atoms with Crippen LogP contribution in [-0.2, 0) is 9.84 Å². The maximum Gasteiger partial charge on any atom is 0.181 e. The summed E-state index contributed by atoms with van der Waals surface area (Å²) in [5, 5.41) is 0. The average molecular weight is 269 g/mol. The Morgan fingerprint density at radius 1 is 1.18 bits per heavy atom. The Bertz CT molecular complexity index is 504. The SMILES string of the molecule is [2H]C(/C=C/C[Si](C)(C)C)S(=O)(=O)c1ccccc1. The highest BCUT2D eigenvalue weighted by Crippen LogP contribution is 2.12. The van der Waals surface area contributed by atoms with Gasteiger partial charge in [0.15, 0.2) is 9.84 Å². The lowest BCUT2D eigenvalue weighted by molar-refractivity contribution is 0.599. The van der Waals surface area contributed by atoms with Crippen molar-refractivity contribution in [3.8, 4) is 0 Å². The lowest BCUT2D eigenvalue weighted by atomic mass is 10.4. The average Bonchev–Trinajstić information content (AvgIpc) is 2.28. The van der Waals surface area contributed by atoms with Crippen LogP contribution in [0.1, 0.15) is 1.37 Å². The van der Waals surface area contributed by atoms with Gasteiger partial charge in [-0.2, -0.15) is 0 Å². The molecule has 0 saturated carbocycles. The van der Waals surface area contributed by atoms with E-state index in [1.54, 1.807) is 18.2 Å². The van der Waals surface area contributed by atoms with Crippen LogP contribution in [0.15, 0.2) is 47.4 Å². The molecule has 0 fully saturated rings. The molecule has 0 heterocycles. The zero-order valence-electron chi connectivity index (χ0n) is 11.6. The van der Waals surface area contributed by atoms with Crippen molar-refractivity contribution in [2.24, 2.45) is 0 Å². The molecule has 4 heteroatoms. The van der Waals surface area contributed by atoms with E-state index in [2.05, 4.69) is 19.6 Å². The maximum absolute atomic E-state index is 12.1. The summed E-state index contributed by atoms with van der Waals surface area (Å²) in [6.07, 6.45) is 3.32. The highest BCUT2D eigenvalue weighted by atomic mass is 32.2. The monoisotopic (exact) mass is 269 g/mol. The third-order valence-corrected chi connectivity index (χ3v) is 5.10. The quantitative estimate of drug-likeness (QED) is 0.607. The Kier molecular flexibility index (Phi) is 4.18. The van der Waals surface area contributed by atoms with E-state index in [1.165, 1.54) is 18.2 Å². The lowest BCUT2D eigenvalue weighted by Gasteiger charge is -2.11. The van der Waals surface area contributed by atoms with Crippen LogP contribution in [0, 0.1) is 0 Å². The van der Waals surface area contributed by atoms with E-state index in [4.69, 9.17) is 1.37 Å². The molecule has 0 radical (unpaired) electrons. The van der Waals surface area contributed by atoms with Crippen LogP contribution in [-0.4, -0.2) is 22.2 Å². The third-order valence-electron chi connectivity index (χ3n) is 2.20. The second-order valence-electron chi connectivity index (χ2n) is 5.19. The Labute approximate surface area is 107 Å². The fraction of sp³-hybridized carbons (Fsp3) is 0.385. The van der Waals surface area contributed by atoms with Gasteiger partial charge in [0.25, 0.3) is 0 Å². The van der Waals surface area contributed by atoms with Crippen LogP contribution in [0.5, 0.6) is 0 Å². The summed E-state index contributed by atoms with van der Waals surface area (Å²) in [4.78, 5) is 0.211. The van der Waals surface area contributed by atoms with Crippen molar-refractivity contribution in [2.45, 2.75) is 30.6 Å². The minimum absolute atomic E-state index is 0.211. The number of allylic oxidation sites excluding steroid dienone is 1. The van der Waals surface area contributed by atoms with Gasteiger partial charge in [0.05, 0.1) is 10.6 Å². The van der Waals surface area contributed by atoms with Gasteiger partial charge in [-0.25, -0.2) is 8.42 Å². The summed E-state index contributed by atoms with van der Waals surface area (Å²) >= 11 is 0. The largest absolute Gasteiger partial charge is 0.223 e. The van der Waals surface area contributed by atoms with Gasteiger partial charge >= 0.3 is 0 Å². The first-order valence-electron chi connectivity index (χ1n) is 6.19. The van der Waals surface area contributed by atoms with Gasteiger partial charge in [-0.1, -0.05) is 50.0 Å². The molecule has 1 rings (SSSR count). The van der Waals surface area contributed by atoms with E-state index in [0.717, 1.165) is 6.04 Å². The zero-order chi connectivity index (χ0) is 13.8. The summed E-state index contributed by atoms with van der Waals surface area (Å²) in [5.74, 6) is 0. The molecular formula is C13H20O2SSi. The first-order chi connectivity index (χ1) is 8.23. The van der Waals surface area contributed by atoms with Gasteiger partial charge < -0.3 is 0 Å². The van der Waals surface area contributed by atoms with Crippen LogP contribution < -0.4 is 0 Å². The summed E-state index contributed by atoms with van der Waals surface area (Å²) in [6, 6.07) is 9.06. The minimum Gasteiger partial charge on any atom is -0.223 e. The van der Waals surface area contributed by atoms with Crippen molar-refractivity contribution < 1.29 is 9.79 Å². The summed E-state index contributed by atoms with van der Waals surface area (Å²) in [6.45, 7) is 6.63. The van der Waals surface area contributed by atoms with E-state index < -0.39 is 23.6 Å². The van der Waals surface area contributed by atoms with Crippen LogP contribution in [0.4, 0.5) is 0 Å². The van der Waals surface area contributed by atoms with Gasteiger partial charge in [-0.3, -0.25) is 0 Å². The molecule has 1 aromatic carbocycles. The lowest BCUT2D eigenvalue weighted by Crippen LogP contribution is -2.17. The smallest absolute Gasteiger partial charge is 0.181 e. The molecular weight excluding hydrogens is 248 g/mol. The molecule has 94 valence electrons. The predicted molar refractivity (Wildman–Crippen MR) is 75.8 cm³/mol. The van der Waals surface area contributed by atoms with Crippen molar-refractivity contribution in [1.82, 2.24) is 0 Å². The first kappa shape index (κ1) is 12.6. The van der Waals surface area contributed by atoms with Crippen molar-refractivity contribution in [3.05, 3.63) is 42.5 Å². The second-order valence-corrected chi connectivity index (χ2v) is 12.6. The zero-order valence-corrected chi connectivity index (χ0v) is 12.4. The number of benzene rings is 1. The van der Waals surface area contributed by atoms with Crippen LogP contribution >= 0.6 is 0 Å². The summed E-state index contributed by atoms with van der Waals surface area (Å²) < 4.78 is 31.9. The summed E-state index contributed by atoms with van der Waals surface area (Å²) in [5.41, 5.74) is -1.21. The molecule has 0 spiro atoms. The third kappa shape index (κ3) is 5.32. The molecule has 1 aromatic rings. The molecule has 1 atom stereocenters. The molecule has 0 N–H and O–H groups in total. The molecule has 1 unspecified atom stereocenters. The van der Waals surface area contributed by atoms with Gasteiger partial charge in [-0.05, 0) is 18.2 Å². The van der Waals surface area contributed by atoms with Crippen molar-refractivity contribution in [2.75, 3.05) is 5.73 Å². The topological polar surface area (TPSA) is 34.1 Å². The Balaban J connectivity index is 2.81. The predicted octanol–water partition coefficient (Wildman–Crippen LogP) is 3.35. The Morgan fingerprint density at radius 2 is 1.76 bits per heavy atom. The molecule has 0 aromatic heterocycles. The standard InChI is InChI=1S/C13H20O2SSi/c1-17(2,3)12-8-7-11-16(14,15)13-9-5-4-6-10-13/h4-10H,11-12H2,1-3H3/b8-7+/i11D. The van der Waals surface area contributed by atoms with Crippen molar-refractivity contribution in [3.63, 3.8) is 0 Å². The van der Waals surface area contributed by atoms with E-state index >= 15 is 0 Å². The fourth-order valence-corrected chi connectivity index (χ4v) is 3.12. The highest BCUT2D eigenvalue weighted by molar-refractivity contribution is 7.91. The molecule has 2 nitrogen and oxygen atoms in total. The fourth-order valence-electron chi connectivity index (χ4n) is 1.27. The number of rotatable bonds is 5. The van der Waals surface area contributed by atoms with Gasteiger partial charge in [0, 0.05) is 9.44 Å². The number of hydrogen-bond acceptors (Lipinski definition) is 2. The first-order valence-corrected chi connectivity index (χ1v) is 10.9. The molecule has 0 aliphatic heterocycles. The number of sulfone groups is 1. The van der Waals surface area contributed by atoms with E-state index in [0.29, 0.717) is 0 Å². The van der Waals surface area contributed by atoms with Crippen LogP contribution in [0.3, 0.4) is 0 Å². The van der Waals surface area contributed by atoms with Gasteiger partial charge in [-0.15, -0.1) is 0 Å². The van der Waals surface area contributed by atoms with Crippen molar-refractivity contribution >= 4 is 17.9 Å². The normalized spacial score (nSPS) is 15.8. The molecule has 0 bridgehead atoms. The van der Waals surface area contributed by atoms with E-state index in [1.807, 2.05) is 6.08 Å². The number of hydrogen-bond donors (Lipinski definition) is 0. The van der Waals surface area contributed by atoms with Crippen molar-refractivity contribution in [1.29, 1.82) is 0 Å². The van der Waals surface area contributed by atoms with Crippen LogP contribution in [0.25, 0.3) is 0 Å². The Hall–Kier alpha value is -0.873. The van der Waals surface area contributed by atoms with E-state index in [-0.39, 0.29) is 4.90 Å². The summed E-state index contributed by atoms with van der Waals surface area (Å²) in [7, 11) is -4.79. The van der Waals surface area contributed by atoms with Crippen LogP contribution in [0.2, 0.25) is 25.7 Å².